The Labute approximate surface area is 171 Å². The fourth-order valence-electron chi connectivity index (χ4n) is 2.25. The van der Waals surface area contributed by atoms with Crippen LogP contribution in [0, 0.1) is 6.20 Å². The minimum Gasteiger partial charge on any atom is -1.00 e. The van der Waals surface area contributed by atoms with Gasteiger partial charge in [-0.3, -0.25) is 0 Å². The molecule has 0 bridgehead atoms. The number of pyridine rings is 1. The topological polar surface area (TPSA) is 12.9 Å². The van der Waals surface area contributed by atoms with Crippen molar-refractivity contribution in [1.29, 1.82) is 0 Å². The zero-order valence-corrected chi connectivity index (χ0v) is 17.1. The molecular weight excluding hydrogens is 460 g/mol. The van der Waals surface area contributed by atoms with Gasteiger partial charge in [-0.25, -0.2) is 12.1 Å². The zero-order chi connectivity index (χ0) is 13.1. The Balaban J connectivity index is 0.000000482. The number of halogens is 3. The molecule has 5 heteroatoms. The molecule has 1 heterocycles. The van der Waals surface area contributed by atoms with Crippen molar-refractivity contribution in [2.45, 2.75) is 6.42 Å². The van der Waals surface area contributed by atoms with Crippen molar-refractivity contribution in [3.63, 3.8) is 0 Å². The van der Waals surface area contributed by atoms with Gasteiger partial charge in [0.1, 0.15) is 0 Å². The van der Waals surface area contributed by atoms with E-state index in [0.29, 0.717) is 0 Å². The second-order valence-electron chi connectivity index (χ2n) is 4.39. The SMILES string of the molecule is Brc1cc2c([c-]n1)-c1ccccc1C2.[Cl-].[Cl-].[Zr+4].c1cc[cH-]c1. The molecule has 0 N–H and O–H groups in total. The van der Waals surface area contributed by atoms with Crippen molar-refractivity contribution in [3.8, 4) is 11.1 Å². The molecule has 110 valence electrons. The molecule has 4 rings (SSSR count). The Morgan fingerprint density at radius 3 is 2.32 bits per heavy atom. The minimum absolute atomic E-state index is 0. The quantitative estimate of drug-likeness (QED) is 0.228. The maximum Gasteiger partial charge on any atom is 4.00 e. The minimum atomic E-state index is 0. The molecule has 0 radical (unpaired) electrons. The molecular formula is C17H12BrCl2NZr. The van der Waals surface area contributed by atoms with E-state index >= 15 is 0 Å². The maximum atomic E-state index is 4.14. The molecule has 1 nitrogen and oxygen atoms in total. The van der Waals surface area contributed by atoms with Crippen LogP contribution in [0.15, 0.2) is 65.3 Å². The average Bonchev–Trinajstić information content (AvgIpc) is 3.09. The summed E-state index contributed by atoms with van der Waals surface area (Å²) in [5.41, 5.74) is 5.12. The third-order valence-electron chi connectivity index (χ3n) is 3.11. The molecule has 3 aromatic rings. The van der Waals surface area contributed by atoms with E-state index in [1.54, 1.807) is 0 Å². The van der Waals surface area contributed by atoms with E-state index < -0.39 is 0 Å². The monoisotopic (exact) mass is 469 g/mol. The molecule has 0 aliphatic heterocycles. The van der Waals surface area contributed by atoms with Crippen molar-refractivity contribution < 1.29 is 51.0 Å². The van der Waals surface area contributed by atoms with E-state index in [2.05, 4.69) is 57.4 Å². The largest absolute Gasteiger partial charge is 4.00 e. The van der Waals surface area contributed by atoms with Gasteiger partial charge in [0.25, 0.3) is 0 Å². The predicted molar refractivity (Wildman–Crippen MR) is 81.1 cm³/mol. The van der Waals surface area contributed by atoms with E-state index in [1.165, 1.54) is 16.7 Å². The van der Waals surface area contributed by atoms with Crippen LogP contribution in [-0.2, 0) is 32.6 Å². The first-order valence-corrected chi connectivity index (χ1v) is 6.96. The van der Waals surface area contributed by atoms with Gasteiger partial charge in [-0.05, 0) is 12.6 Å². The molecule has 0 atom stereocenters. The summed E-state index contributed by atoms with van der Waals surface area (Å²) in [7, 11) is 0. The third kappa shape index (κ3) is 5.10. The van der Waals surface area contributed by atoms with Gasteiger partial charge in [0.15, 0.2) is 0 Å². The Bertz CT molecular complexity index is 670. The van der Waals surface area contributed by atoms with Crippen molar-refractivity contribution in [1.82, 2.24) is 4.98 Å². The van der Waals surface area contributed by atoms with Crippen LogP contribution in [0.3, 0.4) is 0 Å². The molecule has 0 fully saturated rings. The van der Waals surface area contributed by atoms with Gasteiger partial charge in [-0.1, -0.05) is 51.3 Å². The molecule has 0 saturated carbocycles. The first-order valence-electron chi connectivity index (χ1n) is 6.16. The molecule has 1 aliphatic rings. The molecule has 2 aromatic carbocycles. The van der Waals surface area contributed by atoms with E-state index in [1.807, 2.05) is 30.3 Å². The Morgan fingerprint density at radius 1 is 1.00 bits per heavy atom. The average molecular weight is 472 g/mol. The predicted octanol–water partition coefficient (Wildman–Crippen LogP) is -1.37. The number of hydrogen-bond donors (Lipinski definition) is 0. The summed E-state index contributed by atoms with van der Waals surface area (Å²) in [6.45, 7) is 0. The van der Waals surface area contributed by atoms with Crippen molar-refractivity contribution in [2.75, 3.05) is 0 Å². The number of nitrogens with zero attached hydrogens (tertiary/aromatic N) is 1. The molecule has 0 amide bonds. The van der Waals surface area contributed by atoms with E-state index in [9.17, 15) is 0 Å². The number of fused-ring (bicyclic) bond motifs is 3. The fraction of sp³-hybridized carbons (Fsp3) is 0.0588. The molecule has 0 saturated heterocycles. The summed E-state index contributed by atoms with van der Waals surface area (Å²) in [5.74, 6) is 0. The molecule has 0 unspecified atom stereocenters. The van der Waals surface area contributed by atoms with Crippen LogP contribution >= 0.6 is 15.9 Å². The van der Waals surface area contributed by atoms with Crippen molar-refractivity contribution >= 4 is 15.9 Å². The zero-order valence-electron chi connectivity index (χ0n) is 11.6. The number of hydrogen-bond acceptors (Lipinski definition) is 1. The fourth-order valence-corrected chi connectivity index (χ4v) is 2.61. The summed E-state index contributed by atoms with van der Waals surface area (Å²) in [6, 6.07) is 20.5. The molecule has 22 heavy (non-hydrogen) atoms. The standard InChI is InChI=1S/C12H7BrN.C5H5.2ClH.Zr/c13-12-6-9-5-8-3-1-2-4-10(8)11(9)7-14-12;1-2-4-5-3-1;;;/h1-4,6H,5H2;1-5H;2*1H;/q2*-1;;;+4/p-2. The van der Waals surface area contributed by atoms with Crippen LogP contribution in [-0.4, -0.2) is 4.98 Å². The van der Waals surface area contributed by atoms with Gasteiger partial charge in [-0.15, -0.1) is 17.2 Å². The molecule has 1 aromatic heterocycles. The Morgan fingerprint density at radius 2 is 1.68 bits per heavy atom. The van der Waals surface area contributed by atoms with Gasteiger partial charge in [-0.2, -0.15) is 18.2 Å². The van der Waals surface area contributed by atoms with Crippen molar-refractivity contribution in [3.05, 3.63) is 82.6 Å². The summed E-state index contributed by atoms with van der Waals surface area (Å²) in [4.78, 5) is 4.14. The van der Waals surface area contributed by atoms with E-state index in [-0.39, 0.29) is 51.0 Å². The van der Waals surface area contributed by atoms with E-state index in [4.69, 9.17) is 0 Å². The second kappa shape index (κ2) is 10.4. The second-order valence-corrected chi connectivity index (χ2v) is 5.20. The summed E-state index contributed by atoms with van der Waals surface area (Å²) in [6.07, 6.45) is 4.08. The summed E-state index contributed by atoms with van der Waals surface area (Å²) in [5, 5.41) is 0. The first kappa shape index (κ1) is 21.7. The van der Waals surface area contributed by atoms with Gasteiger partial charge in [0, 0.05) is 4.60 Å². The summed E-state index contributed by atoms with van der Waals surface area (Å²) >= 11 is 3.37. The van der Waals surface area contributed by atoms with E-state index in [0.717, 1.165) is 16.6 Å². The van der Waals surface area contributed by atoms with Gasteiger partial charge < -0.3 is 29.8 Å². The first-order chi connectivity index (χ1) is 9.34. The Kier molecular flexibility index (Phi) is 10.3. The molecule has 1 aliphatic carbocycles. The van der Waals surface area contributed by atoms with Gasteiger partial charge >= 0.3 is 26.2 Å². The van der Waals surface area contributed by atoms with Crippen LogP contribution in [0.2, 0.25) is 0 Å². The van der Waals surface area contributed by atoms with Gasteiger partial charge in [0.2, 0.25) is 0 Å². The van der Waals surface area contributed by atoms with Crippen LogP contribution in [0.25, 0.3) is 11.1 Å². The smallest absolute Gasteiger partial charge is 1.00 e. The van der Waals surface area contributed by atoms with Crippen LogP contribution < -0.4 is 24.8 Å². The van der Waals surface area contributed by atoms with Gasteiger partial charge in [0.05, 0.1) is 0 Å². The Hall–Kier alpha value is -0.337. The third-order valence-corrected chi connectivity index (χ3v) is 3.52. The summed E-state index contributed by atoms with van der Waals surface area (Å²) < 4.78 is 0.865. The van der Waals surface area contributed by atoms with Crippen LogP contribution in [0.1, 0.15) is 11.1 Å². The number of benzene rings is 1. The normalized spacial score (nSPS) is 9.68. The maximum absolute atomic E-state index is 4.14. The number of aromatic nitrogens is 1. The van der Waals surface area contributed by atoms with Crippen LogP contribution in [0.4, 0.5) is 0 Å². The molecule has 0 spiro atoms. The van der Waals surface area contributed by atoms with Crippen LogP contribution in [0.5, 0.6) is 0 Å². The van der Waals surface area contributed by atoms with Crippen molar-refractivity contribution in [2.24, 2.45) is 0 Å². The number of rotatable bonds is 0.